The molecular weight excluding hydrogens is 461 g/mol. The van der Waals surface area contributed by atoms with Crippen molar-refractivity contribution in [3.63, 3.8) is 0 Å². The van der Waals surface area contributed by atoms with Gasteiger partial charge in [0.15, 0.2) is 0 Å². The lowest BCUT2D eigenvalue weighted by Gasteiger charge is -2.33. The number of nitrogens with zero attached hydrogens (tertiary/aromatic N) is 3. The van der Waals surface area contributed by atoms with E-state index in [0.29, 0.717) is 6.61 Å². The van der Waals surface area contributed by atoms with Crippen molar-refractivity contribution < 1.29 is 9.13 Å². The SMILES string of the molecule is Cc1nccc(-c2ccc(OCc3ccc4cc(F)ccc4n3)cc2C(c2ccccc2)C(C)(C)C)n1. The van der Waals surface area contributed by atoms with Crippen molar-refractivity contribution in [3.8, 4) is 17.0 Å². The molecule has 0 saturated carbocycles. The Morgan fingerprint density at radius 1 is 0.865 bits per heavy atom. The molecule has 2 heterocycles. The van der Waals surface area contributed by atoms with Crippen molar-refractivity contribution in [1.82, 2.24) is 15.0 Å². The van der Waals surface area contributed by atoms with Gasteiger partial charge in [-0.15, -0.1) is 0 Å². The molecule has 0 saturated heterocycles. The van der Waals surface area contributed by atoms with Gasteiger partial charge in [0.1, 0.15) is 24.0 Å². The Balaban J connectivity index is 1.54. The number of aryl methyl sites for hydroxylation is 1. The second kappa shape index (κ2) is 10.1. The molecule has 4 nitrogen and oxygen atoms in total. The summed E-state index contributed by atoms with van der Waals surface area (Å²) in [6.45, 7) is 8.99. The van der Waals surface area contributed by atoms with Crippen LogP contribution < -0.4 is 4.74 Å². The first-order chi connectivity index (χ1) is 17.8. The normalized spacial score (nSPS) is 12.5. The maximum Gasteiger partial charge on any atom is 0.130 e. The Bertz CT molecular complexity index is 1540. The van der Waals surface area contributed by atoms with Crippen LogP contribution in [0.5, 0.6) is 5.75 Å². The molecule has 5 heteroatoms. The highest BCUT2D eigenvalue weighted by molar-refractivity contribution is 5.78. The maximum absolute atomic E-state index is 13.5. The first-order valence-corrected chi connectivity index (χ1v) is 12.4. The smallest absolute Gasteiger partial charge is 0.130 e. The third-order valence-corrected chi connectivity index (χ3v) is 6.48. The number of ether oxygens (including phenoxy) is 1. The van der Waals surface area contributed by atoms with Gasteiger partial charge in [0.2, 0.25) is 0 Å². The zero-order valence-electron chi connectivity index (χ0n) is 21.6. The summed E-state index contributed by atoms with van der Waals surface area (Å²) >= 11 is 0. The fraction of sp³-hybridized carbons (Fsp3) is 0.219. The minimum atomic E-state index is -0.267. The summed E-state index contributed by atoms with van der Waals surface area (Å²) in [4.78, 5) is 13.7. The van der Waals surface area contributed by atoms with Crippen LogP contribution in [-0.4, -0.2) is 15.0 Å². The molecule has 5 rings (SSSR count). The summed E-state index contributed by atoms with van der Waals surface area (Å²) in [6.07, 6.45) is 1.80. The van der Waals surface area contributed by atoms with E-state index in [0.717, 1.165) is 45.0 Å². The number of benzene rings is 3. The molecule has 0 N–H and O–H groups in total. The topological polar surface area (TPSA) is 47.9 Å². The van der Waals surface area contributed by atoms with E-state index in [2.05, 4.69) is 67.1 Å². The van der Waals surface area contributed by atoms with Crippen molar-refractivity contribution in [1.29, 1.82) is 0 Å². The summed E-state index contributed by atoms with van der Waals surface area (Å²) in [5, 5.41) is 0.770. The average molecular weight is 492 g/mol. The first kappa shape index (κ1) is 24.6. The molecule has 0 spiro atoms. The van der Waals surface area contributed by atoms with Gasteiger partial charge in [-0.3, -0.25) is 0 Å². The molecule has 186 valence electrons. The van der Waals surface area contributed by atoms with Crippen LogP contribution in [0.2, 0.25) is 0 Å². The van der Waals surface area contributed by atoms with E-state index in [4.69, 9.17) is 9.72 Å². The summed E-state index contributed by atoms with van der Waals surface area (Å²) in [5.41, 5.74) is 5.81. The first-order valence-electron chi connectivity index (χ1n) is 12.4. The van der Waals surface area contributed by atoms with E-state index in [1.54, 1.807) is 12.3 Å². The highest BCUT2D eigenvalue weighted by Crippen LogP contribution is 2.45. The van der Waals surface area contributed by atoms with Crippen molar-refractivity contribution in [2.24, 2.45) is 5.41 Å². The number of rotatable bonds is 6. The number of aromatic nitrogens is 3. The molecule has 5 aromatic rings. The van der Waals surface area contributed by atoms with E-state index < -0.39 is 0 Å². The van der Waals surface area contributed by atoms with Crippen LogP contribution >= 0.6 is 0 Å². The fourth-order valence-corrected chi connectivity index (χ4v) is 4.88. The van der Waals surface area contributed by atoms with Crippen LogP contribution in [0.1, 0.15) is 49.3 Å². The van der Waals surface area contributed by atoms with E-state index in [-0.39, 0.29) is 17.2 Å². The van der Waals surface area contributed by atoms with Gasteiger partial charge in [-0.1, -0.05) is 57.2 Å². The summed E-state index contributed by atoms with van der Waals surface area (Å²) in [7, 11) is 0. The molecule has 0 aliphatic rings. The molecular formula is C32H30FN3O. The summed E-state index contributed by atoms with van der Waals surface area (Å²) < 4.78 is 19.8. The van der Waals surface area contributed by atoms with Crippen LogP contribution in [0.15, 0.2) is 91.1 Å². The van der Waals surface area contributed by atoms with Crippen molar-refractivity contribution >= 4 is 10.9 Å². The molecule has 2 aromatic heterocycles. The van der Waals surface area contributed by atoms with Crippen molar-refractivity contribution in [2.45, 2.75) is 40.2 Å². The molecule has 1 atom stereocenters. The zero-order valence-corrected chi connectivity index (χ0v) is 21.6. The van der Waals surface area contributed by atoms with Crippen LogP contribution in [0.25, 0.3) is 22.2 Å². The molecule has 0 aliphatic heterocycles. The Morgan fingerprint density at radius 3 is 2.43 bits per heavy atom. The molecule has 0 fully saturated rings. The van der Waals surface area contributed by atoms with Crippen LogP contribution in [-0.2, 0) is 6.61 Å². The minimum Gasteiger partial charge on any atom is -0.487 e. The fourth-order valence-electron chi connectivity index (χ4n) is 4.88. The summed E-state index contributed by atoms with van der Waals surface area (Å²) in [5.74, 6) is 1.33. The van der Waals surface area contributed by atoms with Gasteiger partial charge in [-0.05, 0) is 72.0 Å². The molecule has 3 aromatic carbocycles. The number of pyridine rings is 1. The van der Waals surface area contributed by atoms with Crippen LogP contribution in [0, 0.1) is 18.2 Å². The average Bonchev–Trinajstić information content (AvgIpc) is 2.87. The van der Waals surface area contributed by atoms with E-state index in [1.165, 1.54) is 17.7 Å². The predicted molar refractivity (Wildman–Crippen MR) is 146 cm³/mol. The Kier molecular flexibility index (Phi) is 6.70. The highest BCUT2D eigenvalue weighted by atomic mass is 19.1. The molecule has 37 heavy (non-hydrogen) atoms. The standard InChI is InChI=1S/C32H30FN3O/c1-21-34-17-16-30(35-21)27-14-13-26(19-28(27)31(32(2,3)4)22-8-6-5-7-9-22)37-20-25-12-10-23-18-24(33)11-15-29(23)36-25/h5-19,31H,20H2,1-4H3. The van der Waals surface area contributed by atoms with Crippen molar-refractivity contribution in [3.05, 3.63) is 120 Å². The van der Waals surface area contributed by atoms with Gasteiger partial charge in [-0.2, -0.15) is 0 Å². The summed E-state index contributed by atoms with van der Waals surface area (Å²) in [6, 6.07) is 27.1. The highest BCUT2D eigenvalue weighted by Gasteiger charge is 2.30. The number of halogens is 1. The van der Waals surface area contributed by atoms with Crippen LogP contribution in [0.3, 0.4) is 0 Å². The molecule has 0 aliphatic carbocycles. The number of hydrogen-bond donors (Lipinski definition) is 0. The second-order valence-electron chi connectivity index (χ2n) is 10.4. The van der Waals surface area contributed by atoms with Gasteiger partial charge in [0, 0.05) is 23.1 Å². The van der Waals surface area contributed by atoms with Crippen LogP contribution in [0.4, 0.5) is 4.39 Å². The van der Waals surface area contributed by atoms with Gasteiger partial charge < -0.3 is 4.74 Å². The molecule has 0 bridgehead atoms. The Morgan fingerprint density at radius 2 is 1.68 bits per heavy atom. The Hall–Kier alpha value is -4.12. The molecule has 0 radical (unpaired) electrons. The molecule has 0 amide bonds. The van der Waals surface area contributed by atoms with Gasteiger partial charge >= 0.3 is 0 Å². The third kappa shape index (κ3) is 5.51. The third-order valence-electron chi connectivity index (χ3n) is 6.48. The predicted octanol–water partition coefficient (Wildman–Crippen LogP) is 7.90. The van der Waals surface area contributed by atoms with E-state index >= 15 is 0 Å². The van der Waals surface area contributed by atoms with Crippen molar-refractivity contribution in [2.75, 3.05) is 0 Å². The quantitative estimate of drug-likeness (QED) is 0.242. The lowest BCUT2D eigenvalue weighted by molar-refractivity contribution is 0.300. The molecule has 1 unspecified atom stereocenters. The lowest BCUT2D eigenvalue weighted by atomic mass is 9.71. The monoisotopic (exact) mass is 491 g/mol. The Labute approximate surface area is 217 Å². The van der Waals surface area contributed by atoms with Gasteiger partial charge in [-0.25, -0.2) is 19.3 Å². The van der Waals surface area contributed by atoms with Gasteiger partial charge in [0.25, 0.3) is 0 Å². The van der Waals surface area contributed by atoms with Gasteiger partial charge in [0.05, 0.1) is 16.9 Å². The number of hydrogen-bond acceptors (Lipinski definition) is 4. The van der Waals surface area contributed by atoms with E-state index in [1.807, 2.05) is 37.3 Å². The lowest BCUT2D eigenvalue weighted by Crippen LogP contribution is -2.20. The maximum atomic E-state index is 13.5. The number of fused-ring (bicyclic) bond motifs is 1. The minimum absolute atomic E-state index is 0.0635. The van der Waals surface area contributed by atoms with E-state index in [9.17, 15) is 4.39 Å². The largest absolute Gasteiger partial charge is 0.487 e. The zero-order chi connectivity index (χ0) is 26.0. The second-order valence-corrected chi connectivity index (χ2v) is 10.4.